The number of nitrogens with one attached hydrogen (secondary N) is 2. The van der Waals surface area contributed by atoms with Crippen molar-refractivity contribution in [1.29, 1.82) is 0 Å². The van der Waals surface area contributed by atoms with E-state index in [9.17, 15) is 14.7 Å². The Morgan fingerprint density at radius 3 is 2.71 bits per heavy atom. The van der Waals surface area contributed by atoms with E-state index in [1.165, 1.54) is 0 Å². The van der Waals surface area contributed by atoms with Gasteiger partial charge in [0.1, 0.15) is 0 Å². The van der Waals surface area contributed by atoms with Gasteiger partial charge >= 0.3 is 12.0 Å². The molecule has 0 atom stereocenters. The third kappa shape index (κ3) is 5.72. The molecule has 4 heterocycles. The van der Waals surface area contributed by atoms with Gasteiger partial charge in [-0.05, 0) is 79.3 Å². The van der Waals surface area contributed by atoms with Gasteiger partial charge < -0.3 is 14.8 Å². The van der Waals surface area contributed by atoms with Crippen LogP contribution in [-0.4, -0.2) is 50.2 Å². The van der Waals surface area contributed by atoms with E-state index in [0.29, 0.717) is 30.4 Å². The molecule has 0 bridgehead atoms. The number of ether oxygens (including phenoxy) is 1. The number of rotatable bonds is 8. The Morgan fingerprint density at radius 1 is 1.02 bits per heavy atom. The minimum atomic E-state index is -1.17. The van der Waals surface area contributed by atoms with Crippen molar-refractivity contribution in [2.45, 2.75) is 25.7 Å². The molecule has 1 aliphatic heterocycles. The van der Waals surface area contributed by atoms with Crippen LogP contribution in [0.15, 0.2) is 79.1 Å². The molecule has 6 rings (SSSR count). The lowest BCUT2D eigenvalue weighted by Crippen LogP contribution is -2.39. The number of carboxylic acid groups (broad SMARTS) is 1. The first-order valence-corrected chi connectivity index (χ1v) is 13.5. The molecule has 0 unspecified atom stereocenters. The maximum absolute atomic E-state index is 13.3. The fourth-order valence-corrected chi connectivity index (χ4v) is 5.01. The molecule has 3 N–H and O–H groups in total. The van der Waals surface area contributed by atoms with Crippen molar-refractivity contribution in [3.63, 3.8) is 0 Å². The number of carbonyl (C=O) groups is 2. The van der Waals surface area contributed by atoms with E-state index in [1.807, 2.05) is 54.6 Å². The standard InChI is InChI=1S/C31H28N6O4/c38-29(39)28-27(41-18-4-5-20-13-15-32-16-14-20)12-11-23(33-28)22-10-9-21-6-3-17-37(26(21)19-22)31(40)36-30-34-24-7-1-2-8-25(24)35-30/h1-2,7-16,19H,3-6,17-18H2,(H,38,39)(H2,34,35,36,40). The smallest absolute Gasteiger partial charge is 0.358 e. The summed E-state index contributed by atoms with van der Waals surface area (Å²) in [5.74, 6) is -0.565. The third-order valence-electron chi connectivity index (χ3n) is 7.04. The van der Waals surface area contributed by atoms with Gasteiger partial charge in [0.2, 0.25) is 5.95 Å². The molecule has 0 spiro atoms. The van der Waals surface area contributed by atoms with Gasteiger partial charge in [-0.25, -0.2) is 19.6 Å². The zero-order valence-corrected chi connectivity index (χ0v) is 22.2. The Labute approximate surface area is 236 Å². The molecule has 10 heteroatoms. The largest absolute Gasteiger partial charge is 0.491 e. The molecule has 0 saturated heterocycles. The topological polar surface area (TPSA) is 133 Å². The van der Waals surface area contributed by atoms with Crippen LogP contribution in [0, 0.1) is 0 Å². The Bertz CT molecular complexity index is 1690. The second-order valence-electron chi connectivity index (χ2n) is 9.79. The summed E-state index contributed by atoms with van der Waals surface area (Å²) in [6, 6.07) is 20.3. The summed E-state index contributed by atoms with van der Waals surface area (Å²) in [5.41, 5.74) is 5.59. The van der Waals surface area contributed by atoms with E-state index in [1.54, 1.807) is 29.4 Å². The van der Waals surface area contributed by atoms with E-state index in [4.69, 9.17) is 4.74 Å². The van der Waals surface area contributed by atoms with Crippen LogP contribution in [0.1, 0.15) is 34.5 Å². The predicted molar refractivity (Wildman–Crippen MR) is 155 cm³/mol. The van der Waals surface area contributed by atoms with Crippen LogP contribution in [0.4, 0.5) is 16.4 Å². The van der Waals surface area contributed by atoms with Gasteiger partial charge in [0, 0.05) is 30.2 Å². The summed E-state index contributed by atoms with van der Waals surface area (Å²) in [6.07, 6.45) is 6.68. The molecule has 1 aliphatic rings. The van der Waals surface area contributed by atoms with Gasteiger partial charge in [-0.3, -0.25) is 15.2 Å². The summed E-state index contributed by atoms with van der Waals surface area (Å²) < 4.78 is 5.80. The lowest BCUT2D eigenvalue weighted by atomic mass is 9.98. The lowest BCUT2D eigenvalue weighted by molar-refractivity contribution is 0.0685. The molecule has 0 fully saturated rings. The Kier molecular flexibility index (Phi) is 7.27. The molecule has 0 saturated carbocycles. The number of urea groups is 1. The maximum Gasteiger partial charge on any atom is 0.358 e. The predicted octanol–water partition coefficient (Wildman–Crippen LogP) is 5.71. The number of aromatic carboxylic acids is 1. The average molecular weight is 549 g/mol. The fraction of sp³-hybridized carbons (Fsp3) is 0.194. The minimum Gasteiger partial charge on any atom is -0.491 e. The second kappa shape index (κ2) is 11.5. The van der Waals surface area contributed by atoms with Crippen molar-refractivity contribution in [3.05, 3.63) is 95.9 Å². The van der Waals surface area contributed by atoms with Gasteiger partial charge in [0.25, 0.3) is 0 Å². The van der Waals surface area contributed by atoms with Crippen molar-refractivity contribution < 1.29 is 19.4 Å². The number of hydrogen-bond acceptors (Lipinski definition) is 6. The van der Waals surface area contributed by atoms with Crippen LogP contribution in [0.2, 0.25) is 0 Å². The Morgan fingerprint density at radius 2 is 1.88 bits per heavy atom. The third-order valence-corrected chi connectivity index (χ3v) is 7.04. The number of imidazole rings is 1. The number of carbonyl (C=O) groups excluding carboxylic acids is 1. The van der Waals surface area contributed by atoms with Gasteiger partial charge in [0.05, 0.1) is 23.3 Å². The number of amides is 2. The number of H-pyrrole nitrogens is 1. The van der Waals surface area contributed by atoms with E-state index in [2.05, 4.69) is 25.3 Å². The number of aromatic amines is 1. The van der Waals surface area contributed by atoms with E-state index >= 15 is 0 Å². The number of aryl methyl sites for hydroxylation is 2. The lowest BCUT2D eigenvalue weighted by Gasteiger charge is -2.29. The quantitative estimate of drug-likeness (QED) is 0.211. The van der Waals surface area contributed by atoms with Crippen molar-refractivity contribution in [1.82, 2.24) is 19.9 Å². The molecule has 5 aromatic rings. The molecule has 2 aromatic carbocycles. The maximum atomic E-state index is 13.3. The summed E-state index contributed by atoms with van der Waals surface area (Å²) in [4.78, 5) is 43.1. The molecular weight excluding hydrogens is 520 g/mol. The van der Waals surface area contributed by atoms with Gasteiger partial charge in [-0.15, -0.1) is 0 Å². The molecular formula is C31H28N6O4. The van der Waals surface area contributed by atoms with Gasteiger partial charge in [-0.2, -0.15) is 0 Å². The number of carboxylic acids is 1. The highest BCUT2D eigenvalue weighted by atomic mass is 16.5. The summed E-state index contributed by atoms with van der Waals surface area (Å²) in [7, 11) is 0. The average Bonchev–Trinajstić information content (AvgIpc) is 3.41. The number of aromatic nitrogens is 4. The molecule has 2 amide bonds. The SMILES string of the molecule is O=C(O)c1nc(-c2ccc3c(c2)N(C(=O)Nc2nc4ccccc4[nH]2)CCC3)ccc1OCCCc1ccncc1. The zero-order valence-electron chi connectivity index (χ0n) is 22.2. The zero-order chi connectivity index (χ0) is 28.2. The monoisotopic (exact) mass is 548 g/mol. The van der Waals surface area contributed by atoms with Crippen LogP contribution in [0.3, 0.4) is 0 Å². The minimum absolute atomic E-state index is 0.149. The number of nitrogens with zero attached hydrogens (tertiary/aromatic N) is 4. The highest BCUT2D eigenvalue weighted by Gasteiger charge is 2.25. The van der Waals surface area contributed by atoms with Crippen LogP contribution >= 0.6 is 0 Å². The summed E-state index contributed by atoms with van der Waals surface area (Å²) in [6.45, 7) is 0.903. The highest BCUT2D eigenvalue weighted by Crippen LogP contribution is 2.33. The first-order chi connectivity index (χ1) is 20.0. The van der Waals surface area contributed by atoms with Gasteiger partial charge in [0.15, 0.2) is 11.4 Å². The first-order valence-electron chi connectivity index (χ1n) is 13.5. The van der Waals surface area contributed by atoms with Crippen molar-refractivity contribution >= 4 is 34.7 Å². The van der Waals surface area contributed by atoms with Crippen molar-refractivity contribution in [2.24, 2.45) is 0 Å². The van der Waals surface area contributed by atoms with E-state index in [0.717, 1.165) is 53.5 Å². The molecule has 10 nitrogen and oxygen atoms in total. The number of hydrogen-bond donors (Lipinski definition) is 3. The van der Waals surface area contributed by atoms with Crippen LogP contribution in [0.25, 0.3) is 22.3 Å². The number of pyridine rings is 2. The number of anilines is 2. The van der Waals surface area contributed by atoms with Crippen molar-refractivity contribution in [2.75, 3.05) is 23.4 Å². The fourth-order valence-electron chi connectivity index (χ4n) is 5.01. The number of para-hydroxylation sites is 2. The first kappa shape index (κ1) is 26.0. The van der Waals surface area contributed by atoms with Crippen LogP contribution in [-0.2, 0) is 12.8 Å². The number of fused-ring (bicyclic) bond motifs is 2. The van der Waals surface area contributed by atoms with E-state index < -0.39 is 5.97 Å². The molecule has 3 aromatic heterocycles. The highest BCUT2D eigenvalue weighted by molar-refractivity contribution is 6.02. The molecule has 41 heavy (non-hydrogen) atoms. The summed E-state index contributed by atoms with van der Waals surface area (Å²) >= 11 is 0. The number of benzene rings is 2. The Hall–Kier alpha value is -5.25. The normalized spacial score (nSPS) is 12.6. The Balaban J connectivity index is 1.20. The van der Waals surface area contributed by atoms with Gasteiger partial charge in [-0.1, -0.05) is 24.3 Å². The molecule has 0 aliphatic carbocycles. The van der Waals surface area contributed by atoms with Crippen LogP contribution < -0.4 is 15.0 Å². The van der Waals surface area contributed by atoms with Crippen LogP contribution in [0.5, 0.6) is 5.75 Å². The van der Waals surface area contributed by atoms with Crippen molar-refractivity contribution in [3.8, 4) is 17.0 Å². The summed E-state index contributed by atoms with van der Waals surface area (Å²) in [5, 5.41) is 12.7. The molecule has 0 radical (unpaired) electrons. The molecule has 206 valence electrons. The second-order valence-corrected chi connectivity index (χ2v) is 9.79. The van der Waals surface area contributed by atoms with E-state index in [-0.39, 0.29) is 17.5 Å².